The lowest BCUT2D eigenvalue weighted by atomic mass is 9.88. The molecule has 1 rings (SSSR count). The Morgan fingerprint density at radius 1 is 1.00 bits per heavy atom. The fourth-order valence-corrected chi connectivity index (χ4v) is 3.07. The maximum atomic E-state index is 5.67. The summed E-state index contributed by atoms with van der Waals surface area (Å²) in [5.74, 6) is -0.0623. The van der Waals surface area contributed by atoms with Gasteiger partial charge in [-0.25, -0.2) is 0 Å². The fraction of sp³-hybridized carbons (Fsp3) is 1.00. The van der Waals surface area contributed by atoms with Crippen LogP contribution in [0.3, 0.4) is 0 Å². The highest BCUT2D eigenvalue weighted by molar-refractivity contribution is 4.75. The summed E-state index contributed by atoms with van der Waals surface area (Å²) in [5.41, 5.74) is 0. The number of methoxy groups -OCH3 is 2. The Balaban J connectivity index is 2.23. The van der Waals surface area contributed by atoms with E-state index in [0.717, 1.165) is 39.1 Å². The first-order chi connectivity index (χ1) is 11.2. The van der Waals surface area contributed by atoms with E-state index in [2.05, 4.69) is 13.8 Å². The molecule has 1 aliphatic heterocycles. The van der Waals surface area contributed by atoms with Crippen LogP contribution in [0.25, 0.3) is 0 Å². The zero-order valence-corrected chi connectivity index (χ0v) is 15.8. The van der Waals surface area contributed by atoms with Crippen molar-refractivity contribution in [2.75, 3.05) is 34.0 Å². The highest BCUT2D eigenvalue weighted by Crippen LogP contribution is 2.31. The molecular weight excluding hydrogens is 292 g/mol. The third kappa shape index (κ3) is 9.04. The molecule has 0 amide bonds. The van der Waals surface area contributed by atoms with Gasteiger partial charge >= 0.3 is 0 Å². The molecule has 0 aromatic heterocycles. The first-order valence-corrected chi connectivity index (χ1v) is 9.46. The molecule has 0 aromatic carbocycles. The Bertz CT molecular complexity index is 275. The first kappa shape index (κ1) is 20.9. The molecule has 2 atom stereocenters. The van der Waals surface area contributed by atoms with Crippen LogP contribution in [-0.4, -0.2) is 45.9 Å². The molecule has 0 saturated carbocycles. The molecule has 1 heterocycles. The topological polar surface area (TPSA) is 40.2 Å². The fourth-order valence-electron chi connectivity index (χ4n) is 3.07. The van der Waals surface area contributed by atoms with Crippen LogP contribution >= 0.6 is 0 Å². The van der Waals surface area contributed by atoms with E-state index in [0.29, 0.717) is 12.0 Å². The largest absolute Gasteiger partial charge is 0.379 e. The Morgan fingerprint density at radius 3 is 2.22 bits per heavy atom. The lowest BCUT2D eigenvalue weighted by Gasteiger charge is -2.35. The summed E-state index contributed by atoms with van der Waals surface area (Å²) >= 11 is 0. The van der Waals surface area contributed by atoms with Crippen LogP contribution < -0.4 is 0 Å². The summed E-state index contributed by atoms with van der Waals surface area (Å²) in [6, 6.07) is 0. The van der Waals surface area contributed by atoms with Gasteiger partial charge in [-0.1, -0.05) is 45.4 Å². The number of hydrogen-bond acceptors (Lipinski definition) is 4. The van der Waals surface area contributed by atoms with Crippen molar-refractivity contribution in [3.05, 3.63) is 0 Å². The van der Waals surface area contributed by atoms with Crippen LogP contribution in [0, 0.1) is 5.92 Å². The smallest absolute Gasteiger partial charge is 0.167 e. The van der Waals surface area contributed by atoms with Gasteiger partial charge in [-0.05, 0) is 26.2 Å². The van der Waals surface area contributed by atoms with E-state index in [1.54, 1.807) is 14.2 Å². The Labute approximate surface area is 143 Å². The molecule has 1 fully saturated rings. The van der Waals surface area contributed by atoms with Gasteiger partial charge in [-0.3, -0.25) is 0 Å². The van der Waals surface area contributed by atoms with E-state index in [-0.39, 0.29) is 0 Å². The highest BCUT2D eigenvalue weighted by atomic mass is 16.7. The van der Waals surface area contributed by atoms with Crippen LogP contribution in [0.2, 0.25) is 0 Å². The van der Waals surface area contributed by atoms with E-state index >= 15 is 0 Å². The number of rotatable bonds is 16. The van der Waals surface area contributed by atoms with E-state index in [9.17, 15) is 0 Å². The van der Waals surface area contributed by atoms with Gasteiger partial charge in [-0.15, -0.1) is 0 Å². The molecule has 0 aliphatic carbocycles. The summed E-state index contributed by atoms with van der Waals surface area (Å²) in [7, 11) is 3.50. The van der Waals surface area contributed by atoms with Gasteiger partial charge in [0.15, 0.2) is 5.79 Å². The number of ether oxygens (including phenoxy) is 4. The SMILES string of the molecule is CCCCCCCC[C@H](CCCOCC1CO1)C(C)(OC)OC. The number of hydrogen-bond donors (Lipinski definition) is 0. The quantitative estimate of drug-likeness (QED) is 0.236. The molecule has 4 heteroatoms. The van der Waals surface area contributed by atoms with Crippen LogP contribution in [0.1, 0.15) is 71.6 Å². The molecule has 0 N–H and O–H groups in total. The normalized spacial score (nSPS) is 19.0. The minimum Gasteiger partial charge on any atom is -0.379 e. The molecule has 1 unspecified atom stereocenters. The standard InChI is InChI=1S/C19H38O4/c1-5-6-7-8-9-10-12-17(19(2,20-3)21-4)13-11-14-22-15-18-16-23-18/h17-18H,5-16H2,1-4H3/t17-,18?/m1/s1. The number of epoxide rings is 1. The maximum absolute atomic E-state index is 5.67. The lowest BCUT2D eigenvalue weighted by Crippen LogP contribution is -2.39. The molecule has 138 valence electrons. The maximum Gasteiger partial charge on any atom is 0.167 e. The molecule has 0 radical (unpaired) electrons. The van der Waals surface area contributed by atoms with Crippen molar-refractivity contribution in [2.45, 2.75) is 83.5 Å². The second-order valence-corrected chi connectivity index (χ2v) is 6.85. The third-order valence-electron chi connectivity index (χ3n) is 5.01. The van der Waals surface area contributed by atoms with Crippen molar-refractivity contribution in [1.29, 1.82) is 0 Å². The predicted molar refractivity (Wildman–Crippen MR) is 93.7 cm³/mol. The van der Waals surface area contributed by atoms with E-state index < -0.39 is 5.79 Å². The number of unbranched alkanes of at least 4 members (excludes halogenated alkanes) is 5. The average molecular weight is 331 g/mol. The van der Waals surface area contributed by atoms with Crippen molar-refractivity contribution in [2.24, 2.45) is 5.92 Å². The highest BCUT2D eigenvalue weighted by Gasteiger charge is 2.33. The second kappa shape index (κ2) is 12.2. The van der Waals surface area contributed by atoms with Crippen LogP contribution in [-0.2, 0) is 18.9 Å². The van der Waals surface area contributed by atoms with Gasteiger partial charge in [0.1, 0.15) is 6.10 Å². The van der Waals surface area contributed by atoms with Crippen LogP contribution in [0.5, 0.6) is 0 Å². The molecule has 0 spiro atoms. The third-order valence-corrected chi connectivity index (χ3v) is 5.01. The van der Waals surface area contributed by atoms with Crippen molar-refractivity contribution < 1.29 is 18.9 Å². The second-order valence-electron chi connectivity index (χ2n) is 6.85. The van der Waals surface area contributed by atoms with Gasteiger partial charge in [0.05, 0.1) is 13.2 Å². The Kier molecular flexibility index (Phi) is 11.1. The van der Waals surface area contributed by atoms with Crippen molar-refractivity contribution in [3.8, 4) is 0 Å². The molecule has 23 heavy (non-hydrogen) atoms. The predicted octanol–water partition coefficient (Wildman–Crippen LogP) is 4.56. The molecule has 4 nitrogen and oxygen atoms in total. The molecule has 1 saturated heterocycles. The summed E-state index contributed by atoms with van der Waals surface area (Å²) in [6.45, 7) is 6.74. The minimum absolute atomic E-state index is 0.358. The van der Waals surface area contributed by atoms with Gasteiger partial charge in [0.25, 0.3) is 0 Å². The van der Waals surface area contributed by atoms with E-state index in [1.807, 2.05) is 0 Å². The first-order valence-electron chi connectivity index (χ1n) is 9.46. The van der Waals surface area contributed by atoms with E-state index in [1.165, 1.54) is 38.5 Å². The summed E-state index contributed by atoms with van der Waals surface area (Å²) < 4.78 is 22.1. The summed E-state index contributed by atoms with van der Waals surface area (Å²) in [6.07, 6.45) is 11.6. The van der Waals surface area contributed by atoms with Crippen LogP contribution in [0.4, 0.5) is 0 Å². The van der Waals surface area contributed by atoms with Gasteiger partial charge in [0.2, 0.25) is 0 Å². The zero-order valence-electron chi connectivity index (χ0n) is 15.8. The summed E-state index contributed by atoms with van der Waals surface area (Å²) in [5, 5.41) is 0. The Hall–Kier alpha value is -0.160. The zero-order chi connectivity index (χ0) is 17.0. The molecule has 0 bridgehead atoms. The van der Waals surface area contributed by atoms with Gasteiger partial charge in [-0.2, -0.15) is 0 Å². The van der Waals surface area contributed by atoms with Crippen molar-refractivity contribution in [1.82, 2.24) is 0 Å². The molecular formula is C19H38O4. The van der Waals surface area contributed by atoms with E-state index in [4.69, 9.17) is 18.9 Å². The van der Waals surface area contributed by atoms with Gasteiger partial charge in [0, 0.05) is 26.7 Å². The average Bonchev–Trinajstić information content (AvgIpc) is 3.39. The van der Waals surface area contributed by atoms with Gasteiger partial charge < -0.3 is 18.9 Å². The molecule has 1 aliphatic rings. The monoisotopic (exact) mass is 330 g/mol. The van der Waals surface area contributed by atoms with Crippen LogP contribution in [0.15, 0.2) is 0 Å². The lowest BCUT2D eigenvalue weighted by molar-refractivity contribution is -0.230. The molecule has 0 aromatic rings. The summed E-state index contributed by atoms with van der Waals surface area (Å²) in [4.78, 5) is 0. The van der Waals surface area contributed by atoms with Crippen molar-refractivity contribution in [3.63, 3.8) is 0 Å². The Morgan fingerprint density at radius 2 is 1.61 bits per heavy atom. The minimum atomic E-state index is -0.483. The van der Waals surface area contributed by atoms with Crippen molar-refractivity contribution >= 4 is 0 Å².